The molecule has 0 N–H and O–H groups in total. The number of carbonyl (C=O) groups excluding carboxylic acids is 2. The minimum absolute atomic E-state index is 0.116. The van der Waals surface area contributed by atoms with Crippen LogP contribution in [0.5, 0.6) is 0 Å². The molecular weight excluding hydrogens is 461 g/mol. The Morgan fingerprint density at radius 3 is 1.69 bits per heavy atom. The summed E-state index contributed by atoms with van der Waals surface area (Å²) in [5.41, 5.74) is 2.34. The molecule has 1 aliphatic heterocycles. The third-order valence-electron chi connectivity index (χ3n) is 6.82. The molecule has 0 saturated carbocycles. The van der Waals surface area contributed by atoms with Crippen molar-refractivity contribution >= 4 is 35.6 Å². The third kappa shape index (κ3) is 4.76. The molecule has 4 aromatic carbocycles. The quantitative estimate of drug-likeness (QED) is 0.218. The van der Waals surface area contributed by atoms with Crippen molar-refractivity contribution in [2.75, 3.05) is 0 Å². The number of aryl methyl sites for hydroxylation is 1. The molecule has 2 amide bonds. The van der Waals surface area contributed by atoms with Gasteiger partial charge in [0, 0.05) is 6.04 Å². The van der Waals surface area contributed by atoms with Crippen LogP contribution in [0.4, 0.5) is 0 Å². The van der Waals surface area contributed by atoms with Crippen LogP contribution in [0.3, 0.4) is 0 Å². The summed E-state index contributed by atoms with van der Waals surface area (Å²) in [5, 5.41) is 3.97. The van der Waals surface area contributed by atoms with Gasteiger partial charge in [0.1, 0.15) is 0 Å². The molecule has 0 fully saturated rings. The molecular formula is C32H30NO2P. The molecule has 0 aliphatic carbocycles. The van der Waals surface area contributed by atoms with E-state index in [0.29, 0.717) is 11.1 Å². The van der Waals surface area contributed by atoms with Crippen molar-refractivity contribution in [2.24, 2.45) is 0 Å². The van der Waals surface area contributed by atoms with E-state index in [1.54, 1.807) is 12.1 Å². The maximum Gasteiger partial charge on any atom is 0.261 e. The topological polar surface area (TPSA) is 37.4 Å². The standard InChI is InChI=1S/C32H30NO2P/c1-2-13-25(33-31(34)28-19-10-11-20-29(28)32(33)35)23-22-24-14-9-12-21-30(24)36(26-15-5-3-6-16-26)27-17-7-4-8-18-27/h3-12,14-21,25H,2,13,22-23H2,1H3. The first-order chi connectivity index (χ1) is 17.7. The summed E-state index contributed by atoms with van der Waals surface area (Å²) >= 11 is 0. The van der Waals surface area contributed by atoms with Crippen molar-refractivity contribution in [3.8, 4) is 0 Å². The highest BCUT2D eigenvalue weighted by molar-refractivity contribution is 7.79. The van der Waals surface area contributed by atoms with Crippen molar-refractivity contribution in [3.63, 3.8) is 0 Å². The fraction of sp³-hybridized carbons (Fsp3) is 0.188. The van der Waals surface area contributed by atoms with E-state index in [4.69, 9.17) is 0 Å². The van der Waals surface area contributed by atoms with E-state index in [1.807, 2.05) is 12.1 Å². The van der Waals surface area contributed by atoms with Gasteiger partial charge in [0.2, 0.25) is 0 Å². The van der Waals surface area contributed by atoms with Crippen molar-refractivity contribution in [2.45, 2.75) is 38.6 Å². The SMILES string of the molecule is CCCC(CCc1ccccc1P(c1ccccc1)c1ccccc1)N1C(=O)c2ccccc2C1=O. The Bertz CT molecular complexity index is 1280. The lowest BCUT2D eigenvalue weighted by atomic mass is 10.0. The predicted octanol–water partition coefficient (Wildman–Crippen LogP) is 5.84. The second kappa shape index (κ2) is 11.0. The lowest BCUT2D eigenvalue weighted by molar-refractivity contribution is 0.0567. The van der Waals surface area contributed by atoms with Gasteiger partial charge in [-0.2, -0.15) is 0 Å². The number of benzene rings is 4. The van der Waals surface area contributed by atoms with Crippen LogP contribution in [0.1, 0.15) is 52.5 Å². The number of imide groups is 1. The van der Waals surface area contributed by atoms with Gasteiger partial charge in [0.15, 0.2) is 0 Å². The Kier molecular flexibility index (Phi) is 7.39. The molecule has 1 heterocycles. The van der Waals surface area contributed by atoms with Crippen LogP contribution in [-0.4, -0.2) is 22.8 Å². The molecule has 36 heavy (non-hydrogen) atoms. The van der Waals surface area contributed by atoms with E-state index < -0.39 is 7.92 Å². The molecule has 1 atom stereocenters. The number of hydrogen-bond acceptors (Lipinski definition) is 2. The molecule has 4 heteroatoms. The van der Waals surface area contributed by atoms with Gasteiger partial charge >= 0.3 is 0 Å². The van der Waals surface area contributed by atoms with Gasteiger partial charge in [-0.05, 0) is 60.8 Å². The molecule has 0 saturated heterocycles. The minimum Gasteiger partial charge on any atom is -0.271 e. The molecule has 180 valence electrons. The zero-order chi connectivity index (χ0) is 24.9. The molecule has 0 aromatic heterocycles. The van der Waals surface area contributed by atoms with Crippen molar-refractivity contribution in [1.82, 2.24) is 4.90 Å². The number of rotatable bonds is 9. The molecule has 0 radical (unpaired) electrons. The van der Waals surface area contributed by atoms with Gasteiger partial charge in [-0.1, -0.05) is 110 Å². The van der Waals surface area contributed by atoms with Crippen molar-refractivity contribution < 1.29 is 9.59 Å². The van der Waals surface area contributed by atoms with Crippen LogP contribution < -0.4 is 15.9 Å². The molecule has 4 aromatic rings. The Morgan fingerprint density at radius 2 is 1.14 bits per heavy atom. The second-order valence-electron chi connectivity index (χ2n) is 9.14. The fourth-order valence-corrected chi connectivity index (χ4v) is 7.62. The maximum absolute atomic E-state index is 13.2. The van der Waals surface area contributed by atoms with Gasteiger partial charge < -0.3 is 0 Å². The predicted molar refractivity (Wildman–Crippen MR) is 149 cm³/mol. The number of hydrogen-bond donors (Lipinski definition) is 0. The van der Waals surface area contributed by atoms with Gasteiger partial charge in [-0.15, -0.1) is 0 Å². The first-order valence-electron chi connectivity index (χ1n) is 12.6. The van der Waals surface area contributed by atoms with E-state index in [-0.39, 0.29) is 17.9 Å². The molecule has 0 bridgehead atoms. The summed E-state index contributed by atoms with van der Waals surface area (Å²) in [7, 11) is -0.719. The summed E-state index contributed by atoms with van der Waals surface area (Å²) < 4.78 is 0. The first-order valence-corrected chi connectivity index (χ1v) is 14.0. The van der Waals surface area contributed by atoms with Crippen LogP contribution >= 0.6 is 7.92 Å². The minimum atomic E-state index is -0.719. The highest BCUT2D eigenvalue weighted by Crippen LogP contribution is 2.35. The monoisotopic (exact) mass is 491 g/mol. The van der Waals surface area contributed by atoms with E-state index in [1.165, 1.54) is 26.4 Å². The summed E-state index contributed by atoms with van der Waals surface area (Å²) in [6, 6.07) is 37.2. The van der Waals surface area contributed by atoms with Gasteiger partial charge in [-0.3, -0.25) is 14.5 Å². The zero-order valence-electron chi connectivity index (χ0n) is 20.5. The number of carbonyl (C=O) groups is 2. The summed E-state index contributed by atoms with van der Waals surface area (Å²) in [4.78, 5) is 27.9. The molecule has 3 nitrogen and oxygen atoms in total. The van der Waals surface area contributed by atoms with Crippen LogP contribution in [0.15, 0.2) is 109 Å². The Balaban J connectivity index is 1.45. The summed E-state index contributed by atoms with van der Waals surface area (Å²) in [6.07, 6.45) is 3.29. The summed E-state index contributed by atoms with van der Waals surface area (Å²) in [6.45, 7) is 2.11. The fourth-order valence-electron chi connectivity index (χ4n) is 5.12. The van der Waals surface area contributed by atoms with Crippen LogP contribution in [0.2, 0.25) is 0 Å². The van der Waals surface area contributed by atoms with E-state index >= 15 is 0 Å². The Labute approximate surface area is 214 Å². The maximum atomic E-state index is 13.2. The smallest absolute Gasteiger partial charge is 0.261 e. The molecule has 1 aliphatic rings. The lowest BCUT2D eigenvalue weighted by Crippen LogP contribution is -2.40. The van der Waals surface area contributed by atoms with Crippen LogP contribution in [-0.2, 0) is 6.42 Å². The molecule has 1 unspecified atom stereocenters. The zero-order valence-corrected chi connectivity index (χ0v) is 21.4. The summed E-state index contributed by atoms with van der Waals surface area (Å²) in [5.74, 6) is -0.309. The lowest BCUT2D eigenvalue weighted by Gasteiger charge is -2.27. The average Bonchev–Trinajstić information content (AvgIpc) is 3.18. The number of nitrogens with zero attached hydrogens (tertiary/aromatic N) is 1. The number of amides is 2. The Hall–Kier alpha value is -3.55. The first kappa shape index (κ1) is 24.2. The van der Waals surface area contributed by atoms with Gasteiger partial charge in [-0.25, -0.2) is 0 Å². The van der Waals surface area contributed by atoms with E-state index in [9.17, 15) is 9.59 Å². The highest BCUT2D eigenvalue weighted by Gasteiger charge is 2.39. The highest BCUT2D eigenvalue weighted by atomic mass is 31.1. The van der Waals surface area contributed by atoms with Crippen molar-refractivity contribution in [1.29, 1.82) is 0 Å². The normalized spacial score (nSPS) is 13.8. The third-order valence-corrected chi connectivity index (χ3v) is 9.37. The van der Waals surface area contributed by atoms with E-state index in [0.717, 1.165) is 25.7 Å². The van der Waals surface area contributed by atoms with Gasteiger partial charge in [0.05, 0.1) is 11.1 Å². The van der Waals surface area contributed by atoms with Crippen molar-refractivity contribution in [3.05, 3.63) is 126 Å². The Morgan fingerprint density at radius 1 is 0.639 bits per heavy atom. The van der Waals surface area contributed by atoms with E-state index in [2.05, 4.69) is 91.9 Å². The van der Waals surface area contributed by atoms with Crippen LogP contribution in [0, 0.1) is 0 Å². The number of fused-ring (bicyclic) bond motifs is 1. The molecule has 5 rings (SSSR count). The molecule has 0 spiro atoms. The van der Waals surface area contributed by atoms with Gasteiger partial charge in [0.25, 0.3) is 11.8 Å². The van der Waals surface area contributed by atoms with Crippen LogP contribution in [0.25, 0.3) is 0 Å². The second-order valence-corrected chi connectivity index (χ2v) is 11.3. The largest absolute Gasteiger partial charge is 0.271 e. The average molecular weight is 492 g/mol.